The molecule has 1 N–H and O–H groups in total. The first kappa shape index (κ1) is 13.3. The Balaban J connectivity index is 1.98. The summed E-state index contributed by atoms with van der Waals surface area (Å²) in [5.41, 5.74) is 0.510. The van der Waals surface area contributed by atoms with Crippen LogP contribution >= 0.6 is 0 Å². The monoisotopic (exact) mass is 260 g/mol. The molecular formula is C14H16N2O3. The summed E-state index contributed by atoms with van der Waals surface area (Å²) in [5, 5.41) is 16.5. The lowest BCUT2D eigenvalue weighted by Crippen LogP contribution is -1.96. The SMILES string of the molecule is CCCOc1ccc(Oc2ccc(CO)nn2)cc1. The van der Waals surface area contributed by atoms with Gasteiger partial charge in [0, 0.05) is 6.07 Å². The zero-order valence-electron chi connectivity index (χ0n) is 10.7. The Kier molecular flexibility index (Phi) is 4.69. The second-order valence-corrected chi connectivity index (χ2v) is 3.94. The van der Waals surface area contributed by atoms with E-state index in [0.717, 1.165) is 12.2 Å². The number of ether oxygens (including phenoxy) is 2. The largest absolute Gasteiger partial charge is 0.494 e. The van der Waals surface area contributed by atoms with Crippen LogP contribution in [0.15, 0.2) is 36.4 Å². The van der Waals surface area contributed by atoms with Crippen molar-refractivity contribution in [3.63, 3.8) is 0 Å². The predicted molar refractivity (Wildman–Crippen MR) is 70.3 cm³/mol. The van der Waals surface area contributed by atoms with Crippen molar-refractivity contribution in [2.45, 2.75) is 20.0 Å². The number of nitrogens with zero attached hydrogens (tertiary/aromatic N) is 2. The molecule has 0 unspecified atom stereocenters. The van der Waals surface area contributed by atoms with Crippen LogP contribution in [0.25, 0.3) is 0 Å². The average molecular weight is 260 g/mol. The molecule has 0 aliphatic rings. The zero-order chi connectivity index (χ0) is 13.5. The van der Waals surface area contributed by atoms with E-state index in [-0.39, 0.29) is 6.61 Å². The number of aromatic nitrogens is 2. The van der Waals surface area contributed by atoms with E-state index in [9.17, 15) is 0 Å². The fourth-order valence-electron chi connectivity index (χ4n) is 1.43. The Morgan fingerprint density at radius 2 is 1.74 bits per heavy atom. The molecule has 0 saturated heterocycles. The maximum atomic E-state index is 8.86. The molecule has 0 bridgehead atoms. The smallest absolute Gasteiger partial charge is 0.238 e. The maximum Gasteiger partial charge on any atom is 0.238 e. The molecule has 2 rings (SSSR count). The molecule has 0 spiro atoms. The first-order valence-electron chi connectivity index (χ1n) is 6.16. The van der Waals surface area contributed by atoms with Crippen molar-refractivity contribution < 1.29 is 14.6 Å². The van der Waals surface area contributed by atoms with E-state index < -0.39 is 0 Å². The normalized spacial score (nSPS) is 10.2. The minimum atomic E-state index is -0.128. The van der Waals surface area contributed by atoms with E-state index in [2.05, 4.69) is 17.1 Å². The highest BCUT2D eigenvalue weighted by Crippen LogP contribution is 2.22. The number of hydrogen-bond donors (Lipinski definition) is 1. The second kappa shape index (κ2) is 6.70. The van der Waals surface area contributed by atoms with E-state index >= 15 is 0 Å². The lowest BCUT2D eigenvalue weighted by molar-refractivity contribution is 0.274. The molecule has 0 saturated carbocycles. The molecule has 0 fully saturated rings. The number of benzene rings is 1. The summed E-state index contributed by atoms with van der Waals surface area (Å²) < 4.78 is 11.0. The first-order chi connectivity index (χ1) is 9.31. The minimum Gasteiger partial charge on any atom is -0.494 e. The van der Waals surface area contributed by atoms with Gasteiger partial charge in [-0.2, -0.15) is 0 Å². The number of rotatable bonds is 6. The lowest BCUT2D eigenvalue weighted by atomic mass is 10.3. The zero-order valence-corrected chi connectivity index (χ0v) is 10.7. The molecular weight excluding hydrogens is 244 g/mol. The van der Waals surface area contributed by atoms with E-state index in [4.69, 9.17) is 14.6 Å². The van der Waals surface area contributed by atoms with Crippen molar-refractivity contribution in [2.24, 2.45) is 0 Å². The summed E-state index contributed by atoms with van der Waals surface area (Å²) >= 11 is 0. The van der Waals surface area contributed by atoms with E-state index in [1.54, 1.807) is 12.1 Å². The molecule has 5 heteroatoms. The van der Waals surface area contributed by atoms with Crippen LogP contribution in [-0.2, 0) is 6.61 Å². The van der Waals surface area contributed by atoms with Gasteiger partial charge in [0.15, 0.2) is 0 Å². The molecule has 0 atom stereocenters. The molecule has 100 valence electrons. The molecule has 1 heterocycles. The van der Waals surface area contributed by atoms with Crippen LogP contribution in [0, 0.1) is 0 Å². The number of aliphatic hydroxyl groups is 1. The second-order valence-electron chi connectivity index (χ2n) is 3.94. The minimum absolute atomic E-state index is 0.128. The quantitative estimate of drug-likeness (QED) is 0.864. The van der Waals surface area contributed by atoms with Crippen molar-refractivity contribution in [1.82, 2.24) is 10.2 Å². The van der Waals surface area contributed by atoms with Gasteiger partial charge in [0.1, 0.15) is 11.5 Å². The third-order valence-corrected chi connectivity index (χ3v) is 2.38. The fraction of sp³-hybridized carbons (Fsp3) is 0.286. The van der Waals surface area contributed by atoms with Gasteiger partial charge in [-0.1, -0.05) is 6.92 Å². The molecule has 1 aromatic carbocycles. The van der Waals surface area contributed by atoms with Crippen LogP contribution in [-0.4, -0.2) is 21.9 Å². The van der Waals surface area contributed by atoms with Gasteiger partial charge in [0.25, 0.3) is 0 Å². The van der Waals surface area contributed by atoms with E-state index in [1.165, 1.54) is 0 Å². The molecule has 0 aliphatic heterocycles. The lowest BCUT2D eigenvalue weighted by Gasteiger charge is -2.07. The molecule has 0 amide bonds. The molecule has 0 radical (unpaired) electrons. The van der Waals surface area contributed by atoms with Crippen LogP contribution in [0.1, 0.15) is 19.0 Å². The van der Waals surface area contributed by atoms with Gasteiger partial charge in [0.2, 0.25) is 5.88 Å². The maximum absolute atomic E-state index is 8.86. The van der Waals surface area contributed by atoms with Gasteiger partial charge >= 0.3 is 0 Å². The third kappa shape index (κ3) is 3.93. The highest BCUT2D eigenvalue weighted by molar-refractivity contribution is 5.33. The average Bonchev–Trinajstić information content (AvgIpc) is 2.47. The Hall–Kier alpha value is -2.14. The highest BCUT2D eigenvalue weighted by Gasteiger charge is 2.01. The van der Waals surface area contributed by atoms with Crippen molar-refractivity contribution in [1.29, 1.82) is 0 Å². The van der Waals surface area contributed by atoms with Gasteiger partial charge in [-0.3, -0.25) is 0 Å². The van der Waals surface area contributed by atoms with Gasteiger partial charge in [0.05, 0.1) is 18.9 Å². The van der Waals surface area contributed by atoms with Crippen molar-refractivity contribution >= 4 is 0 Å². The van der Waals surface area contributed by atoms with E-state index in [1.807, 2.05) is 24.3 Å². The Labute approximate surface area is 111 Å². The Bertz CT molecular complexity index is 497. The van der Waals surface area contributed by atoms with Crippen LogP contribution in [0.4, 0.5) is 0 Å². The van der Waals surface area contributed by atoms with Gasteiger partial charge in [-0.15, -0.1) is 10.2 Å². The summed E-state index contributed by atoms with van der Waals surface area (Å²) in [6.07, 6.45) is 0.977. The third-order valence-electron chi connectivity index (χ3n) is 2.38. The topological polar surface area (TPSA) is 64.5 Å². The predicted octanol–water partition coefficient (Wildman–Crippen LogP) is 2.55. The molecule has 1 aromatic heterocycles. The van der Waals surface area contributed by atoms with Crippen LogP contribution in [0.3, 0.4) is 0 Å². The summed E-state index contributed by atoms with van der Waals surface area (Å²) in [6, 6.07) is 10.7. The van der Waals surface area contributed by atoms with Crippen LogP contribution in [0.5, 0.6) is 17.4 Å². The van der Waals surface area contributed by atoms with Crippen molar-refractivity contribution in [2.75, 3.05) is 6.61 Å². The standard InChI is InChI=1S/C14H16N2O3/c1-2-9-18-12-4-6-13(7-5-12)19-14-8-3-11(10-17)15-16-14/h3-8,17H,2,9-10H2,1H3. The number of hydrogen-bond acceptors (Lipinski definition) is 5. The summed E-state index contributed by atoms with van der Waals surface area (Å²) in [5.74, 6) is 1.87. The highest BCUT2D eigenvalue weighted by atomic mass is 16.5. The molecule has 2 aromatic rings. The summed E-state index contributed by atoms with van der Waals surface area (Å²) in [4.78, 5) is 0. The van der Waals surface area contributed by atoms with Gasteiger partial charge in [-0.05, 0) is 36.8 Å². The molecule has 5 nitrogen and oxygen atoms in total. The van der Waals surface area contributed by atoms with Crippen LogP contribution < -0.4 is 9.47 Å². The number of aliphatic hydroxyl groups excluding tert-OH is 1. The van der Waals surface area contributed by atoms with E-state index in [0.29, 0.717) is 23.9 Å². The van der Waals surface area contributed by atoms with Gasteiger partial charge in [-0.25, -0.2) is 0 Å². The fourth-order valence-corrected chi connectivity index (χ4v) is 1.43. The van der Waals surface area contributed by atoms with Crippen molar-refractivity contribution in [3.8, 4) is 17.4 Å². The Morgan fingerprint density at radius 3 is 2.32 bits per heavy atom. The van der Waals surface area contributed by atoms with Crippen LogP contribution in [0.2, 0.25) is 0 Å². The Morgan fingerprint density at radius 1 is 1.00 bits per heavy atom. The molecule has 19 heavy (non-hydrogen) atoms. The molecule has 0 aliphatic carbocycles. The van der Waals surface area contributed by atoms with Gasteiger partial charge < -0.3 is 14.6 Å². The first-order valence-corrected chi connectivity index (χ1v) is 6.16. The summed E-state index contributed by atoms with van der Waals surface area (Å²) in [7, 11) is 0. The summed E-state index contributed by atoms with van der Waals surface area (Å²) in [6.45, 7) is 2.64. The van der Waals surface area contributed by atoms with Crippen molar-refractivity contribution in [3.05, 3.63) is 42.1 Å².